The van der Waals surface area contributed by atoms with Crippen LogP contribution in [0.3, 0.4) is 0 Å². The van der Waals surface area contributed by atoms with Crippen molar-refractivity contribution in [1.29, 1.82) is 0 Å². The van der Waals surface area contributed by atoms with Gasteiger partial charge in [-0.25, -0.2) is 4.79 Å². The predicted molar refractivity (Wildman–Crippen MR) is 39.2 cm³/mol. The molecule has 0 aromatic carbocycles. The van der Waals surface area contributed by atoms with Gasteiger partial charge in [0, 0.05) is 0 Å². The first-order valence-corrected chi connectivity index (χ1v) is 3.43. The molecular formula is C7H12O4. The van der Waals surface area contributed by atoms with Crippen LogP contribution < -0.4 is 0 Å². The summed E-state index contributed by atoms with van der Waals surface area (Å²) in [5, 5.41) is 16.8. The highest BCUT2D eigenvalue weighted by atomic mass is 16.6. The number of aliphatic hydroxyl groups is 1. The number of hydrogen-bond acceptors (Lipinski definition) is 3. The van der Waals surface area contributed by atoms with Crippen LogP contribution in [0.4, 0.5) is 0 Å². The molecule has 0 saturated carbocycles. The number of carbonyl (C=O) groups is 1. The van der Waals surface area contributed by atoms with Gasteiger partial charge in [-0.2, -0.15) is 0 Å². The largest absolute Gasteiger partial charge is 0.481 e. The van der Waals surface area contributed by atoms with Crippen molar-refractivity contribution in [2.45, 2.75) is 19.8 Å². The van der Waals surface area contributed by atoms with Crippen LogP contribution in [-0.4, -0.2) is 22.8 Å². The first-order chi connectivity index (χ1) is 5.16. The maximum atomic E-state index is 9.93. The standard InChI is InChI=1S/C7H12O4/c1-2-3-4-11-7(10)5-6(8)9/h5,10H,2-4H2,1H3,(H,8,9)/b7-5+. The van der Waals surface area contributed by atoms with Gasteiger partial charge >= 0.3 is 5.97 Å². The van der Waals surface area contributed by atoms with Crippen molar-refractivity contribution in [2.75, 3.05) is 6.61 Å². The Morgan fingerprint density at radius 2 is 2.18 bits per heavy atom. The second kappa shape index (κ2) is 5.58. The van der Waals surface area contributed by atoms with Gasteiger partial charge in [-0.15, -0.1) is 0 Å². The number of carboxylic acids is 1. The maximum Gasteiger partial charge on any atom is 0.335 e. The van der Waals surface area contributed by atoms with Gasteiger partial charge in [0.25, 0.3) is 5.95 Å². The van der Waals surface area contributed by atoms with Crippen molar-refractivity contribution in [3.63, 3.8) is 0 Å². The topological polar surface area (TPSA) is 66.8 Å². The van der Waals surface area contributed by atoms with E-state index in [-0.39, 0.29) is 0 Å². The summed E-state index contributed by atoms with van der Waals surface area (Å²) in [4.78, 5) is 9.93. The van der Waals surface area contributed by atoms with Crippen LogP contribution in [0.25, 0.3) is 0 Å². The fraction of sp³-hybridized carbons (Fsp3) is 0.571. The highest BCUT2D eigenvalue weighted by Gasteiger charge is 1.96. The second-order valence-electron chi connectivity index (χ2n) is 2.02. The summed E-state index contributed by atoms with van der Waals surface area (Å²) in [5.41, 5.74) is 0. The predicted octanol–water partition coefficient (Wildman–Crippen LogP) is 1.29. The fourth-order valence-electron chi connectivity index (χ4n) is 0.468. The molecule has 11 heavy (non-hydrogen) atoms. The zero-order valence-electron chi connectivity index (χ0n) is 6.41. The Balaban J connectivity index is 3.51. The quantitative estimate of drug-likeness (QED) is 0.361. The minimum absolute atomic E-state index is 0.353. The molecule has 0 heterocycles. The molecule has 0 unspecified atom stereocenters. The van der Waals surface area contributed by atoms with E-state index in [4.69, 9.17) is 10.2 Å². The van der Waals surface area contributed by atoms with Crippen molar-refractivity contribution in [2.24, 2.45) is 0 Å². The summed E-state index contributed by atoms with van der Waals surface area (Å²) in [5.74, 6) is -1.75. The second-order valence-corrected chi connectivity index (χ2v) is 2.02. The van der Waals surface area contributed by atoms with Gasteiger partial charge in [0.15, 0.2) is 0 Å². The Kier molecular flexibility index (Phi) is 4.98. The van der Waals surface area contributed by atoms with E-state index < -0.39 is 11.9 Å². The fourth-order valence-corrected chi connectivity index (χ4v) is 0.468. The molecule has 0 saturated heterocycles. The summed E-state index contributed by atoms with van der Waals surface area (Å²) in [6.07, 6.45) is 2.37. The molecule has 64 valence electrons. The highest BCUT2D eigenvalue weighted by molar-refractivity contribution is 5.79. The van der Waals surface area contributed by atoms with Crippen molar-refractivity contribution in [1.82, 2.24) is 0 Å². The number of hydrogen-bond donors (Lipinski definition) is 2. The van der Waals surface area contributed by atoms with Crippen molar-refractivity contribution in [3.8, 4) is 0 Å². The van der Waals surface area contributed by atoms with E-state index in [0.717, 1.165) is 12.8 Å². The van der Waals surface area contributed by atoms with Crippen LogP contribution in [0.15, 0.2) is 12.0 Å². The third kappa shape index (κ3) is 6.70. The molecule has 4 heteroatoms. The van der Waals surface area contributed by atoms with Crippen molar-refractivity contribution >= 4 is 5.97 Å². The average molecular weight is 160 g/mol. The van der Waals surface area contributed by atoms with Crippen LogP contribution in [-0.2, 0) is 9.53 Å². The molecule has 0 aliphatic carbocycles. The van der Waals surface area contributed by atoms with E-state index >= 15 is 0 Å². The molecule has 2 N–H and O–H groups in total. The van der Waals surface area contributed by atoms with Crippen LogP contribution >= 0.6 is 0 Å². The van der Waals surface area contributed by atoms with Gasteiger partial charge in [0.05, 0.1) is 6.61 Å². The molecule has 0 fully saturated rings. The molecule has 0 aromatic heterocycles. The molecule has 4 nitrogen and oxygen atoms in total. The first-order valence-electron chi connectivity index (χ1n) is 3.43. The Bertz CT molecular complexity index is 151. The molecule has 0 aliphatic heterocycles. The molecule has 0 rings (SSSR count). The van der Waals surface area contributed by atoms with Gasteiger partial charge in [0.2, 0.25) is 0 Å². The molecule has 0 aliphatic rings. The van der Waals surface area contributed by atoms with Gasteiger partial charge in [-0.1, -0.05) is 13.3 Å². The van der Waals surface area contributed by atoms with Gasteiger partial charge in [-0.3, -0.25) is 0 Å². The lowest BCUT2D eigenvalue weighted by atomic mass is 10.4. The van der Waals surface area contributed by atoms with Gasteiger partial charge in [-0.05, 0) is 6.42 Å². The van der Waals surface area contributed by atoms with Crippen molar-refractivity contribution < 1.29 is 19.7 Å². The molecule has 0 atom stereocenters. The molecule has 0 aromatic rings. The van der Waals surface area contributed by atoms with E-state index in [1.807, 2.05) is 6.92 Å². The van der Waals surface area contributed by atoms with E-state index in [0.29, 0.717) is 12.7 Å². The minimum atomic E-state index is -1.21. The lowest BCUT2D eigenvalue weighted by molar-refractivity contribution is -0.131. The molecule has 0 amide bonds. The summed E-state index contributed by atoms with van der Waals surface area (Å²) < 4.78 is 4.63. The number of carboxylic acid groups (broad SMARTS) is 1. The SMILES string of the molecule is CCCCO/C(O)=C/C(=O)O. The molecule has 0 radical (unpaired) electrons. The van der Waals surface area contributed by atoms with E-state index in [9.17, 15) is 4.79 Å². The van der Waals surface area contributed by atoms with Gasteiger partial charge in [0.1, 0.15) is 6.08 Å². The van der Waals surface area contributed by atoms with Crippen molar-refractivity contribution in [3.05, 3.63) is 12.0 Å². The average Bonchev–Trinajstić information content (AvgIpc) is 1.86. The zero-order valence-corrected chi connectivity index (χ0v) is 6.41. The Hall–Kier alpha value is -1.19. The molecular weight excluding hydrogens is 148 g/mol. The van der Waals surface area contributed by atoms with Crippen LogP contribution in [0, 0.1) is 0 Å². The number of rotatable bonds is 5. The smallest absolute Gasteiger partial charge is 0.335 e. The normalized spacial score (nSPS) is 11.2. The third-order valence-electron chi connectivity index (χ3n) is 0.995. The highest BCUT2D eigenvalue weighted by Crippen LogP contribution is 1.94. The third-order valence-corrected chi connectivity index (χ3v) is 0.995. The summed E-state index contributed by atoms with van der Waals surface area (Å²) >= 11 is 0. The lowest BCUT2D eigenvalue weighted by Gasteiger charge is -2.00. The lowest BCUT2D eigenvalue weighted by Crippen LogP contribution is -1.97. The number of aliphatic carboxylic acids is 1. The van der Waals surface area contributed by atoms with Crippen LogP contribution in [0.2, 0.25) is 0 Å². The van der Waals surface area contributed by atoms with Gasteiger partial charge < -0.3 is 14.9 Å². The summed E-state index contributed by atoms with van der Waals surface area (Å²) in [6, 6.07) is 0. The minimum Gasteiger partial charge on any atom is -0.481 e. The van der Waals surface area contributed by atoms with E-state index in [2.05, 4.69) is 4.74 Å². The number of unbranched alkanes of at least 4 members (excludes halogenated alkanes) is 1. The summed E-state index contributed by atoms with van der Waals surface area (Å²) in [7, 11) is 0. The molecule has 0 bridgehead atoms. The summed E-state index contributed by atoms with van der Waals surface area (Å²) in [6.45, 7) is 2.33. The van der Waals surface area contributed by atoms with E-state index in [1.165, 1.54) is 0 Å². The zero-order chi connectivity index (χ0) is 8.69. The van der Waals surface area contributed by atoms with E-state index in [1.54, 1.807) is 0 Å². The van der Waals surface area contributed by atoms with Crippen LogP contribution in [0.5, 0.6) is 0 Å². The monoisotopic (exact) mass is 160 g/mol. The van der Waals surface area contributed by atoms with Crippen LogP contribution in [0.1, 0.15) is 19.8 Å². The number of aliphatic hydroxyl groups excluding tert-OH is 1. The molecule has 0 spiro atoms. The number of ether oxygens (including phenoxy) is 1. The Morgan fingerprint density at radius 3 is 2.64 bits per heavy atom. The maximum absolute atomic E-state index is 9.93. The Morgan fingerprint density at radius 1 is 1.55 bits per heavy atom. The Labute approximate surface area is 65.1 Å². The first kappa shape index (κ1) is 9.81.